The maximum Gasteiger partial charge on any atom is 0.249 e. The van der Waals surface area contributed by atoms with Crippen molar-refractivity contribution in [2.75, 3.05) is 11.2 Å². The van der Waals surface area contributed by atoms with Crippen molar-refractivity contribution in [2.45, 2.75) is 39.7 Å². The molecule has 1 atom stereocenters. The molecule has 0 saturated heterocycles. The summed E-state index contributed by atoms with van der Waals surface area (Å²) in [5.74, 6) is -0.124. The van der Waals surface area contributed by atoms with Gasteiger partial charge in [-0.15, -0.1) is 21.8 Å². The SMILES string of the molecule is Cc1cccc(-c2nnc(NC(=O)[C@H](NC(=O)CCCCl)C(C)C)s2)c1. The smallest absolute Gasteiger partial charge is 0.249 e. The topological polar surface area (TPSA) is 84.0 Å². The Bertz CT molecular complexity index is 763. The summed E-state index contributed by atoms with van der Waals surface area (Å²) in [5.41, 5.74) is 2.08. The fourth-order valence-corrected chi connectivity index (χ4v) is 3.24. The van der Waals surface area contributed by atoms with Crippen molar-refractivity contribution in [1.82, 2.24) is 15.5 Å². The Balaban J connectivity index is 2.04. The molecule has 0 saturated carbocycles. The van der Waals surface area contributed by atoms with E-state index in [1.807, 2.05) is 45.0 Å². The van der Waals surface area contributed by atoms with Crippen LogP contribution in [0.2, 0.25) is 0 Å². The molecule has 0 bridgehead atoms. The van der Waals surface area contributed by atoms with E-state index >= 15 is 0 Å². The van der Waals surface area contributed by atoms with E-state index < -0.39 is 6.04 Å². The second-order valence-corrected chi connectivity index (χ2v) is 7.71. The van der Waals surface area contributed by atoms with E-state index in [0.29, 0.717) is 23.9 Å². The minimum absolute atomic E-state index is 0.0564. The predicted octanol–water partition coefficient (Wildman–Crippen LogP) is 3.61. The Morgan fingerprint density at radius 3 is 2.69 bits per heavy atom. The first kappa shape index (κ1) is 20.3. The molecule has 0 aliphatic heterocycles. The van der Waals surface area contributed by atoms with Crippen LogP contribution >= 0.6 is 22.9 Å². The van der Waals surface area contributed by atoms with Gasteiger partial charge in [-0.05, 0) is 25.3 Å². The summed E-state index contributed by atoms with van der Waals surface area (Å²) in [7, 11) is 0. The van der Waals surface area contributed by atoms with Crippen LogP contribution in [0.1, 0.15) is 32.3 Å². The van der Waals surface area contributed by atoms with Gasteiger partial charge >= 0.3 is 0 Å². The molecular weight excluding hydrogens is 372 g/mol. The summed E-state index contributed by atoms with van der Waals surface area (Å²) in [5, 5.41) is 14.8. The minimum Gasteiger partial charge on any atom is -0.344 e. The number of hydrogen-bond donors (Lipinski definition) is 2. The molecule has 0 aliphatic rings. The van der Waals surface area contributed by atoms with E-state index in [-0.39, 0.29) is 17.7 Å². The van der Waals surface area contributed by atoms with Gasteiger partial charge in [0.05, 0.1) is 0 Å². The molecule has 1 aromatic heterocycles. The number of halogens is 1. The molecule has 0 unspecified atom stereocenters. The number of nitrogens with zero attached hydrogens (tertiary/aromatic N) is 2. The molecule has 2 aromatic rings. The molecular formula is C18H23ClN4O2S. The number of anilines is 1. The van der Waals surface area contributed by atoms with Crippen molar-refractivity contribution in [3.8, 4) is 10.6 Å². The van der Waals surface area contributed by atoms with Crippen LogP contribution in [-0.4, -0.2) is 33.9 Å². The number of benzene rings is 1. The monoisotopic (exact) mass is 394 g/mol. The average molecular weight is 395 g/mol. The minimum atomic E-state index is -0.635. The Hall–Kier alpha value is -1.99. The molecule has 0 radical (unpaired) electrons. The van der Waals surface area contributed by atoms with E-state index in [2.05, 4.69) is 20.8 Å². The summed E-state index contributed by atoms with van der Waals surface area (Å²) >= 11 is 6.90. The van der Waals surface area contributed by atoms with Crippen molar-refractivity contribution >= 4 is 39.9 Å². The molecule has 1 aromatic carbocycles. The Labute approximate surface area is 162 Å². The zero-order valence-electron chi connectivity index (χ0n) is 15.1. The van der Waals surface area contributed by atoms with Gasteiger partial charge in [-0.2, -0.15) is 0 Å². The van der Waals surface area contributed by atoms with Gasteiger partial charge in [0.1, 0.15) is 11.0 Å². The highest BCUT2D eigenvalue weighted by atomic mass is 35.5. The van der Waals surface area contributed by atoms with Crippen molar-refractivity contribution in [1.29, 1.82) is 0 Å². The van der Waals surface area contributed by atoms with E-state index in [1.165, 1.54) is 11.3 Å². The summed E-state index contributed by atoms with van der Waals surface area (Å²) in [6.45, 7) is 5.77. The third-order valence-electron chi connectivity index (χ3n) is 3.72. The number of nitrogens with one attached hydrogen (secondary N) is 2. The average Bonchev–Trinajstić information content (AvgIpc) is 3.06. The van der Waals surface area contributed by atoms with E-state index in [1.54, 1.807) is 0 Å². The van der Waals surface area contributed by atoms with Crippen LogP contribution in [0.25, 0.3) is 10.6 Å². The van der Waals surface area contributed by atoms with Crippen LogP contribution in [0.5, 0.6) is 0 Å². The predicted molar refractivity (Wildman–Crippen MR) is 105 cm³/mol. The van der Waals surface area contributed by atoms with Crippen LogP contribution in [0, 0.1) is 12.8 Å². The quantitative estimate of drug-likeness (QED) is 0.670. The van der Waals surface area contributed by atoms with Gasteiger partial charge in [-0.3, -0.25) is 14.9 Å². The highest BCUT2D eigenvalue weighted by Gasteiger charge is 2.25. The molecule has 0 spiro atoms. The Morgan fingerprint density at radius 2 is 2.04 bits per heavy atom. The first-order chi connectivity index (χ1) is 12.4. The van der Waals surface area contributed by atoms with Crippen LogP contribution < -0.4 is 10.6 Å². The number of aromatic nitrogens is 2. The molecule has 8 heteroatoms. The molecule has 0 aliphatic carbocycles. The summed E-state index contributed by atoms with van der Waals surface area (Å²) in [6.07, 6.45) is 0.881. The van der Waals surface area contributed by atoms with Gasteiger partial charge in [0.2, 0.25) is 16.9 Å². The van der Waals surface area contributed by atoms with Gasteiger partial charge in [-0.25, -0.2) is 0 Å². The second-order valence-electron chi connectivity index (χ2n) is 6.35. The highest BCUT2D eigenvalue weighted by Crippen LogP contribution is 2.27. The maximum atomic E-state index is 12.6. The molecule has 2 amide bonds. The number of rotatable bonds is 8. The first-order valence-electron chi connectivity index (χ1n) is 8.47. The van der Waals surface area contributed by atoms with Crippen LogP contribution in [-0.2, 0) is 9.59 Å². The van der Waals surface area contributed by atoms with E-state index in [9.17, 15) is 9.59 Å². The normalized spacial score (nSPS) is 12.0. The van der Waals surface area contributed by atoms with Crippen molar-refractivity contribution in [3.05, 3.63) is 29.8 Å². The molecule has 0 fully saturated rings. The van der Waals surface area contributed by atoms with Crippen molar-refractivity contribution in [2.24, 2.45) is 5.92 Å². The number of hydrogen-bond acceptors (Lipinski definition) is 5. The molecule has 26 heavy (non-hydrogen) atoms. The summed E-state index contributed by atoms with van der Waals surface area (Å²) < 4.78 is 0. The lowest BCUT2D eigenvalue weighted by Gasteiger charge is -2.20. The molecule has 6 nitrogen and oxygen atoms in total. The lowest BCUT2D eigenvalue weighted by Crippen LogP contribution is -2.47. The van der Waals surface area contributed by atoms with Gasteiger partial charge in [0, 0.05) is 17.9 Å². The standard InChI is InChI=1S/C18H23ClN4O2S/c1-11(2)15(20-14(24)8-5-9-19)16(25)21-18-23-22-17(26-18)13-7-4-6-12(3)10-13/h4,6-7,10-11,15H,5,8-9H2,1-3H3,(H,20,24)(H,21,23,25)/t15-/m1/s1. The summed E-state index contributed by atoms with van der Waals surface area (Å²) in [6, 6.07) is 7.29. The lowest BCUT2D eigenvalue weighted by atomic mass is 10.0. The van der Waals surface area contributed by atoms with Gasteiger partial charge < -0.3 is 5.32 Å². The number of aryl methyl sites for hydroxylation is 1. The lowest BCUT2D eigenvalue weighted by molar-refractivity contribution is -0.127. The Morgan fingerprint density at radius 1 is 1.27 bits per heavy atom. The molecule has 2 rings (SSSR count). The molecule has 140 valence electrons. The first-order valence-corrected chi connectivity index (χ1v) is 9.82. The highest BCUT2D eigenvalue weighted by molar-refractivity contribution is 7.18. The van der Waals surface area contributed by atoms with E-state index in [0.717, 1.165) is 16.1 Å². The third-order valence-corrected chi connectivity index (χ3v) is 4.88. The number of amides is 2. The summed E-state index contributed by atoms with van der Waals surface area (Å²) in [4.78, 5) is 24.5. The molecule has 1 heterocycles. The van der Waals surface area contributed by atoms with Gasteiger partial charge in [-0.1, -0.05) is 48.9 Å². The van der Waals surface area contributed by atoms with Gasteiger partial charge in [0.25, 0.3) is 0 Å². The van der Waals surface area contributed by atoms with Crippen LogP contribution in [0.3, 0.4) is 0 Å². The van der Waals surface area contributed by atoms with E-state index in [4.69, 9.17) is 11.6 Å². The van der Waals surface area contributed by atoms with Gasteiger partial charge in [0.15, 0.2) is 0 Å². The Kier molecular flexibility index (Phi) is 7.53. The van der Waals surface area contributed by atoms with Crippen molar-refractivity contribution < 1.29 is 9.59 Å². The number of carbonyl (C=O) groups is 2. The fourth-order valence-electron chi connectivity index (χ4n) is 2.36. The largest absolute Gasteiger partial charge is 0.344 e. The zero-order chi connectivity index (χ0) is 19.1. The number of alkyl halides is 1. The number of carbonyl (C=O) groups excluding carboxylic acids is 2. The maximum absolute atomic E-state index is 12.6. The van der Waals surface area contributed by atoms with Crippen LogP contribution in [0.15, 0.2) is 24.3 Å². The fraction of sp³-hybridized carbons (Fsp3) is 0.444. The zero-order valence-corrected chi connectivity index (χ0v) is 16.7. The molecule has 2 N–H and O–H groups in total. The third kappa shape index (κ3) is 5.78. The second kappa shape index (κ2) is 9.64. The van der Waals surface area contributed by atoms with Crippen molar-refractivity contribution in [3.63, 3.8) is 0 Å². The van der Waals surface area contributed by atoms with Crippen LogP contribution in [0.4, 0.5) is 5.13 Å².